The quantitative estimate of drug-likeness (QED) is 0.430. The zero-order valence-electron chi connectivity index (χ0n) is 19.5. The second kappa shape index (κ2) is 9.46. The molecular weight excluding hydrogens is 391 g/mol. The molecule has 31 heavy (non-hydrogen) atoms. The molecule has 0 radical (unpaired) electrons. The van der Waals surface area contributed by atoms with E-state index in [4.69, 9.17) is 19.4 Å². The van der Waals surface area contributed by atoms with E-state index < -0.39 is 6.17 Å². The maximum absolute atomic E-state index is 14.0. The summed E-state index contributed by atoms with van der Waals surface area (Å²) in [5, 5.41) is 0. The van der Waals surface area contributed by atoms with Gasteiger partial charge in [-0.3, -0.25) is 0 Å². The van der Waals surface area contributed by atoms with Crippen LogP contribution < -0.4 is 9.47 Å². The van der Waals surface area contributed by atoms with Crippen LogP contribution in [0.15, 0.2) is 30.3 Å². The van der Waals surface area contributed by atoms with Crippen molar-refractivity contribution in [1.29, 1.82) is 0 Å². The molecule has 1 unspecified atom stereocenters. The third kappa shape index (κ3) is 4.41. The lowest BCUT2D eigenvalue weighted by Crippen LogP contribution is -2.07. The Morgan fingerprint density at radius 1 is 0.871 bits per heavy atom. The Bertz CT molecular complexity index is 1070. The molecule has 1 atom stereocenters. The van der Waals surface area contributed by atoms with E-state index in [1.54, 1.807) is 26.4 Å². The fraction of sp³-hybridized carbons (Fsp3) is 0.385. The molecule has 2 aromatic carbocycles. The molecule has 0 amide bonds. The number of aryl methyl sites for hydroxylation is 4. The molecule has 1 heterocycles. The highest BCUT2D eigenvalue weighted by Gasteiger charge is 2.23. The Balaban J connectivity index is 2.32. The Hall–Kier alpha value is -2.95. The molecule has 3 rings (SSSR count). The van der Waals surface area contributed by atoms with Crippen molar-refractivity contribution in [3.63, 3.8) is 0 Å². The van der Waals surface area contributed by atoms with Crippen molar-refractivity contribution in [3.05, 3.63) is 58.4 Å². The van der Waals surface area contributed by atoms with Crippen molar-refractivity contribution in [2.24, 2.45) is 0 Å². The molecular formula is C26H31FN2O2. The highest BCUT2D eigenvalue weighted by molar-refractivity contribution is 5.78. The SMILES string of the molecule is CCc1nc(-c2c(OC)cc(C(C)F)cc2OC)c(CC)nc1-c1cc(C)ccc1C. The van der Waals surface area contributed by atoms with Gasteiger partial charge in [-0.05, 0) is 62.9 Å². The molecule has 0 N–H and O–H groups in total. The van der Waals surface area contributed by atoms with E-state index in [-0.39, 0.29) is 0 Å². The molecule has 0 fully saturated rings. The summed E-state index contributed by atoms with van der Waals surface area (Å²) >= 11 is 0. The van der Waals surface area contributed by atoms with Crippen molar-refractivity contribution in [2.75, 3.05) is 14.2 Å². The number of hydrogen-bond donors (Lipinski definition) is 0. The minimum atomic E-state index is -1.13. The van der Waals surface area contributed by atoms with Gasteiger partial charge < -0.3 is 9.47 Å². The van der Waals surface area contributed by atoms with Crippen molar-refractivity contribution in [1.82, 2.24) is 9.97 Å². The number of alkyl halides is 1. The second-order valence-electron chi connectivity index (χ2n) is 7.76. The summed E-state index contributed by atoms with van der Waals surface area (Å²) in [7, 11) is 3.16. The van der Waals surface area contributed by atoms with Gasteiger partial charge in [0.2, 0.25) is 0 Å². The van der Waals surface area contributed by atoms with E-state index in [1.807, 2.05) is 0 Å². The third-order valence-corrected chi connectivity index (χ3v) is 5.58. The summed E-state index contributed by atoms with van der Waals surface area (Å²) in [6.45, 7) is 9.82. The number of methoxy groups -OCH3 is 2. The lowest BCUT2D eigenvalue weighted by atomic mass is 9.97. The van der Waals surface area contributed by atoms with Crippen LogP contribution in [0.4, 0.5) is 4.39 Å². The normalized spacial score (nSPS) is 12.0. The van der Waals surface area contributed by atoms with E-state index in [0.717, 1.165) is 34.8 Å². The zero-order chi connectivity index (χ0) is 22.7. The van der Waals surface area contributed by atoms with Gasteiger partial charge in [0.25, 0.3) is 0 Å². The summed E-state index contributed by atoms with van der Waals surface area (Å²) in [5.74, 6) is 1.06. The fourth-order valence-corrected chi connectivity index (χ4v) is 3.80. The van der Waals surface area contributed by atoms with Crippen LogP contribution in [0.2, 0.25) is 0 Å². The molecule has 0 saturated heterocycles. The minimum absolute atomic E-state index is 0.506. The van der Waals surface area contributed by atoms with Gasteiger partial charge in [-0.2, -0.15) is 0 Å². The van der Waals surface area contributed by atoms with Crippen LogP contribution in [0.3, 0.4) is 0 Å². The van der Waals surface area contributed by atoms with Crippen LogP contribution in [0, 0.1) is 13.8 Å². The van der Waals surface area contributed by atoms with Crippen molar-refractivity contribution >= 4 is 0 Å². The predicted molar refractivity (Wildman–Crippen MR) is 124 cm³/mol. The maximum Gasteiger partial charge on any atom is 0.132 e. The molecule has 0 spiro atoms. The molecule has 3 aromatic rings. The number of benzene rings is 2. The van der Waals surface area contributed by atoms with Crippen LogP contribution in [-0.2, 0) is 12.8 Å². The van der Waals surface area contributed by atoms with Crippen molar-refractivity contribution in [3.8, 4) is 34.0 Å². The maximum atomic E-state index is 14.0. The summed E-state index contributed by atoms with van der Waals surface area (Å²) in [6, 6.07) is 9.82. The molecule has 1 aromatic heterocycles. The third-order valence-electron chi connectivity index (χ3n) is 5.58. The molecule has 0 aliphatic rings. The van der Waals surface area contributed by atoms with E-state index in [9.17, 15) is 4.39 Å². The highest BCUT2D eigenvalue weighted by atomic mass is 19.1. The zero-order valence-corrected chi connectivity index (χ0v) is 19.5. The average molecular weight is 423 g/mol. The summed E-state index contributed by atoms with van der Waals surface area (Å²) in [5.41, 5.74) is 8.07. The molecule has 0 bridgehead atoms. The topological polar surface area (TPSA) is 44.2 Å². The van der Waals surface area contributed by atoms with Gasteiger partial charge in [0.1, 0.15) is 17.7 Å². The Kier molecular flexibility index (Phi) is 6.94. The van der Waals surface area contributed by atoms with Gasteiger partial charge >= 0.3 is 0 Å². The van der Waals surface area contributed by atoms with E-state index in [1.165, 1.54) is 18.1 Å². The van der Waals surface area contributed by atoms with Gasteiger partial charge in [-0.1, -0.05) is 31.5 Å². The number of nitrogens with zero attached hydrogens (tertiary/aromatic N) is 2. The molecule has 164 valence electrons. The van der Waals surface area contributed by atoms with E-state index in [0.29, 0.717) is 29.0 Å². The average Bonchev–Trinajstić information content (AvgIpc) is 2.78. The number of aromatic nitrogens is 2. The van der Waals surface area contributed by atoms with Crippen LogP contribution in [0.5, 0.6) is 11.5 Å². The fourth-order valence-electron chi connectivity index (χ4n) is 3.80. The number of hydrogen-bond acceptors (Lipinski definition) is 4. The highest BCUT2D eigenvalue weighted by Crippen LogP contribution is 2.42. The van der Waals surface area contributed by atoms with Crippen LogP contribution in [0.1, 0.15) is 55.0 Å². The molecule has 0 aliphatic carbocycles. The van der Waals surface area contributed by atoms with Crippen molar-refractivity contribution < 1.29 is 13.9 Å². The molecule has 0 aliphatic heterocycles. The van der Waals surface area contributed by atoms with Gasteiger partial charge in [0.05, 0.1) is 42.6 Å². The Morgan fingerprint density at radius 2 is 1.42 bits per heavy atom. The van der Waals surface area contributed by atoms with Crippen LogP contribution >= 0.6 is 0 Å². The van der Waals surface area contributed by atoms with E-state index >= 15 is 0 Å². The molecule has 4 nitrogen and oxygen atoms in total. The predicted octanol–water partition coefficient (Wildman–Crippen LogP) is 6.60. The van der Waals surface area contributed by atoms with Crippen LogP contribution in [-0.4, -0.2) is 24.2 Å². The lowest BCUT2D eigenvalue weighted by Gasteiger charge is -2.19. The van der Waals surface area contributed by atoms with Gasteiger partial charge in [-0.15, -0.1) is 0 Å². The van der Waals surface area contributed by atoms with Crippen molar-refractivity contribution in [2.45, 2.75) is 53.6 Å². The molecule has 5 heteroatoms. The first kappa shape index (κ1) is 22.7. The number of rotatable bonds is 7. The van der Waals surface area contributed by atoms with E-state index in [2.05, 4.69) is 45.9 Å². The largest absolute Gasteiger partial charge is 0.496 e. The number of ether oxygens (including phenoxy) is 2. The van der Waals surface area contributed by atoms with Crippen LogP contribution in [0.25, 0.3) is 22.5 Å². The summed E-state index contributed by atoms with van der Waals surface area (Å²) in [4.78, 5) is 10.1. The monoisotopic (exact) mass is 422 g/mol. The first-order valence-electron chi connectivity index (χ1n) is 10.7. The smallest absolute Gasteiger partial charge is 0.132 e. The molecule has 0 saturated carbocycles. The van der Waals surface area contributed by atoms with Gasteiger partial charge in [0, 0.05) is 5.56 Å². The first-order valence-corrected chi connectivity index (χ1v) is 10.7. The lowest BCUT2D eigenvalue weighted by molar-refractivity contribution is 0.363. The Labute approximate surface area is 184 Å². The van der Waals surface area contributed by atoms with Gasteiger partial charge in [-0.25, -0.2) is 14.4 Å². The minimum Gasteiger partial charge on any atom is -0.496 e. The first-order chi connectivity index (χ1) is 14.8. The summed E-state index contributed by atoms with van der Waals surface area (Å²) in [6.07, 6.45) is 0.292. The standard InChI is InChI=1S/C26H31FN2O2/c1-8-20-25(19-12-15(3)10-11-16(19)4)28-21(9-2)26(29-20)24-22(30-6)13-18(17(5)27)14-23(24)31-7/h10-14,17H,8-9H2,1-7H3. The second-order valence-corrected chi connectivity index (χ2v) is 7.76. The number of halogens is 1. The summed E-state index contributed by atoms with van der Waals surface area (Å²) < 4.78 is 25.3. The Morgan fingerprint density at radius 3 is 1.94 bits per heavy atom. The van der Waals surface area contributed by atoms with Gasteiger partial charge in [0.15, 0.2) is 0 Å².